The second kappa shape index (κ2) is 48.7. The summed E-state index contributed by atoms with van der Waals surface area (Å²) in [4.78, 5) is 136. The van der Waals surface area contributed by atoms with Crippen molar-refractivity contribution in [1.82, 2.24) is 10.6 Å². The molecule has 9 rings (SSSR count). The van der Waals surface area contributed by atoms with Gasteiger partial charge in [0.05, 0.1) is 84.3 Å². The number of carbonyl (C=O) groups excluding carboxylic acids is 12. The number of nitrogens with one attached hydrogen (secondary N) is 2. The average molecular weight is 1500 g/mol. The molecule has 3 aliphatic carbocycles. The Morgan fingerprint density at radius 3 is 1.33 bits per heavy atom. The first kappa shape index (κ1) is 93.7. The van der Waals surface area contributed by atoms with Crippen molar-refractivity contribution in [3.8, 4) is 22.3 Å². The van der Waals surface area contributed by atoms with E-state index < -0.39 is 59.2 Å². The second-order valence-electron chi connectivity index (χ2n) is 28.2. The van der Waals surface area contributed by atoms with Crippen molar-refractivity contribution in [2.45, 2.75) is 156 Å². The molecule has 0 spiro atoms. The maximum atomic E-state index is 12.6. The van der Waals surface area contributed by atoms with Gasteiger partial charge in [-0.25, -0.2) is 19.2 Å². The minimum absolute atomic E-state index is 0.0251. The van der Waals surface area contributed by atoms with Crippen LogP contribution in [-0.2, 0) is 100 Å². The Balaban J connectivity index is 0.000000463. The van der Waals surface area contributed by atoms with Gasteiger partial charge in [0.15, 0.2) is 17.9 Å². The number of carboxylic acid groups (broad SMARTS) is 1. The number of esters is 4. The molecular formula is C78H108N4O25. The molecule has 2 heterocycles. The van der Waals surface area contributed by atoms with Crippen molar-refractivity contribution in [3.63, 3.8) is 0 Å². The number of amides is 2. The summed E-state index contributed by atoms with van der Waals surface area (Å²) in [6.45, 7) is 24.4. The van der Waals surface area contributed by atoms with Crippen molar-refractivity contribution >= 4 is 65.9 Å². The van der Waals surface area contributed by atoms with Gasteiger partial charge in [0.25, 0.3) is 0 Å². The molecule has 4 aromatic rings. The molecule has 0 aromatic heterocycles. The fourth-order valence-corrected chi connectivity index (χ4v) is 10.4. The number of alkyl carbamates (subject to hydrolysis) is 2. The summed E-state index contributed by atoms with van der Waals surface area (Å²) in [5.41, 5.74) is 18.9. The van der Waals surface area contributed by atoms with Crippen molar-refractivity contribution in [2.24, 2.45) is 47.0 Å². The molecule has 8 unspecified atom stereocenters. The summed E-state index contributed by atoms with van der Waals surface area (Å²) in [6, 6.07) is 29.5. The monoisotopic (exact) mass is 1500 g/mol. The number of aliphatic hydroxyl groups is 1. The Kier molecular flexibility index (Phi) is 42.7. The number of hydrogen-bond acceptors (Lipinski definition) is 26. The van der Waals surface area contributed by atoms with Gasteiger partial charge in [0.2, 0.25) is 0 Å². The highest BCUT2D eigenvalue weighted by molar-refractivity contribution is 5.87. The smallest absolute Gasteiger partial charge is 0.407 e. The Morgan fingerprint density at radius 1 is 0.551 bits per heavy atom. The zero-order valence-corrected chi connectivity index (χ0v) is 63.7. The molecule has 1 saturated carbocycles. The summed E-state index contributed by atoms with van der Waals surface area (Å²) < 4.78 is 51.5. The summed E-state index contributed by atoms with van der Waals surface area (Å²) in [5.74, 6) is -2.46. The number of aliphatic hydroxyl groups excluding tert-OH is 1. The highest BCUT2D eigenvalue weighted by Gasteiger charge is 2.35. The van der Waals surface area contributed by atoms with Gasteiger partial charge in [-0.15, -0.1) is 0 Å². The van der Waals surface area contributed by atoms with Crippen molar-refractivity contribution in [2.75, 3.05) is 86.9 Å². The van der Waals surface area contributed by atoms with Crippen LogP contribution in [0.1, 0.15) is 143 Å². The highest BCUT2D eigenvalue weighted by atomic mass is 16.6. The number of hydrogen-bond donors (Lipinski definition) is 6. The number of methoxy groups -OCH3 is 2. The molecule has 2 saturated heterocycles. The molecule has 5 aliphatic rings. The summed E-state index contributed by atoms with van der Waals surface area (Å²) in [6.07, 6.45) is 1.92. The van der Waals surface area contributed by atoms with E-state index in [-0.39, 0.29) is 124 Å². The van der Waals surface area contributed by atoms with E-state index in [0.29, 0.717) is 51.3 Å². The van der Waals surface area contributed by atoms with Crippen LogP contribution in [0.5, 0.6) is 0 Å². The molecule has 2 aliphatic heterocycles. The van der Waals surface area contributed by atoms with E-state index in [4.69, 9.17) is 73.6 Å². The van der Waals surface area contributed by atoms with Crippen molar-refractivity contribution < 1.29 is 120 Å². The first-order valence-corrected chi connectivity index (χ1v) is 35.1. The molecule has 4 aromatic carbocycles. The molecule has 590 valence electrons. The number of ether oxygens (including phenoxy) is 10. The molecule has 29 nitrogen and oxygen atoms in total. The van der Waals surface area contributed by atoms with Gasteiger partial charge in [0, 0.05) is 49.9 Å². The summed E-state index contributed by atoms with van der Waals surface area (Å²) in [7, 11) is 2.75. The van der Waals surface area contributed by atoms with E-state index in [0.717, 1.165) is 57.3 Å². The van der Waals surface area contributed by atoms with E-state index in [1.807, 2.05) is 100 Å². The molecule has 0 radical (unpaired) electrons. The van der Waals surface area contributed by atoms with Gasteiger partial charge in [0.1, 0.15) is 30.2 Å². The predicted octanol–water partition coefficient (Wildman–Crippen LogP) is 7.95. The number of rotatable bonds is 20. The predicted molar refractivity (Wildman–Crippen MR) is 387 cm³/mol. The molecule has 29 heteroatoms. The first-order chi connectivity index (χ1) is 50.5. The third-order valence-electron chi connectivity index (χ3n) is 15.7. The topological polar surface area (TPSA) is 431 Å². The lowest BCUT2D eigenvalue weighted by atomic mass is 9.98. The molecule has 0 bridgehead atoms. The van der Waals surface area contributed by atoms with E-state index in [1.165, 1.54) is 14.2 Å². The van der Waals surface area contributed by atoms with Gasteiger partial charge >= 0.3 is 54.3 Å². The van der Waals surface area contributed by atoms with E-state index in [2.05, 4.69) is 44.4 Å². The largest absolute Gasteiger partial charge is 0.480 e. The minimum atomic E-state index is -1.20. The van der Waals surface area contributed by atoms with Crippen molar-refractivity contribution in [1.29, 1.82) is 0 Å². The van der Waals surface area contributed by atoms with Crippen LogP contribution in [-0.4, -0.2) is 198 Å². The summed E-state index contributed by atoms with van der Waals surface area (Å²) >= 11 is 0. The minimum Gasteiger partial charge on any atom is -0.480 e. The lowest BCUT2D eigenvalue weighted by molar-refractivity contribution is -0.193. The van der Waals surface area contributed by atoms with Crippen molar-refractivity contribution in [3.05, 3.63) is 119 Å². The fraction of sp³-hybridized carbons (Fsp3) is 0.551. The molecule has 8 atom stereocenters. The molecule has 3 fully saturated rings. The number of benzene rings is 4. The molecular weight excluding hydrogens is 1390 g/mol. The number of aliphatic carboxylic acids is 1. The third kappa shape index (κ3) is 35.7. The van der Waals surface area contributed by atoms with Gasteiger partial charge in [-0.1, -0.05) is 125 Å². The maximum Gasteiger partial charge on any atom is 0.407 e. The number of ketones is 2. The van der Waals surface area contributed by atoms with Crippen LogP contribution in [0.2, 0.25) is 0 Å². The number of Topliss-reactive ketones (excluding diaryl/α,β-unsaturated/α-hetero) is 2. The lowest BCUT2D eigenvalue weighted by Crippen LogP contribution is -2.47. The fourth-order valence-electron chi connectivity index (χ4n) is 10.4. The van der Waals surface area contributed by atoms with Crippen LogP contribution >= 0.6 is 0 Å². The van der Waals surface area contributed by atoms with Crippen LogP contribution in [0.4, 0.5) is 9.59 Å². The zero-order chi connectivity index (χ0) is 80.6. The highest BCUT2D eigenvalue weighted by Crippen LogP contribution is 2.46. The van der Waals surface area contributed by atoms with Gasteiger partial charge in [-0.05, 0) is 125 Å². The van der Waals surface area contributed by atoms with Gasteiger partial charge < -0.3 is 79.7 Å². The van der Waals surface area contributed by atoms with E-state index in [1.54, 1.807) is 55.4 Å². The Morgan fingerprint density at radius 2 is 0.944 bits per heavy atom. The second-order valence-corrected chi connectivity index (χ2v) is 28.2. The van der Waals surface area contributed by atoms with Crippen LogP contribution in [0.3, 0.4) is 0 Å². The Bertz CT molecular complexity index is 3430. The van der Waals surface area contributed by atoms with Gasteiger partial charge in [-0.2, -0.15) is 19.2 Å². The number of nitrogens with two attached hydrogens (primary N) is 2. The molecule has 8 N–H and O–H groups in total. The SMILES string of the molecule is CC(C)COCC(NC(=O)OCC1c2ccccc2-c2ccccc21)C(=O)OC(C)(C)C.CC(CO)C(=O)OC(C)(C)C.CC(N)COCC(NC(=O)OCC1c2ccccc2-c2ccccc21)C(=O)O.CC1COCC(N)C(=O)C1.COC(=O)C1CC1.COC(=O)C1COCC(C)C(=O)C1.O=C=O.O=C=O. The summed E-state index contributed by atoms with van der Waals surface area (Å²) in [5, 5.41) is 22.8. The number of carbonyl (C=O) groups is 9. The first-order valence-electron chi connectivity index (χ1n) is 35.1. The number of carboxylic acids is 1. The van der Waals surface area contributed by atoms with Crippen LogP contribution in [0.25, 0.3) is 22.3 Å². The normalized spacial score (nSPS) is 17.8. The van der Waals surface area contributed by atoms with E-state index >= 15 is 0 Å². The maximum absolute atomic E-state index is 12.6. The third-order valence-corrected chi connectivity index (χ3v) is 15.7. The van der Waals surface area contributed by atoms with Crippen LogP contribution < -0.4 is 22.1 Å². The molecule has 2 amide bonds. The van der Waals surface area contributed by atoms with Crippen LogP contribution in [0.15, 0.2) is 97.1 Å². The standard InChI is InChI=1S/C26H33NO5.C21H24N2O5.C9H14O4.C8H16O3.C7H13NO2.C5H8O2.2CO2/c1-17(2)14-30-16-23(24(28)32-26(3,4)5)27-25(29)31-15-22-20-12-8-6-10-18(20)19-11-7-9-13-21(19)22;1-13(22)10-27-12-19(20(24)25)23-21(26)28-11-18-16-8-4-2-6-14(16)15-7-3-5-9-17(15)18;1-6-4-13-5-7(3-8(6)10)9(11)12-2;1-6(5-9)7(10)11-8(2,3)4;1-5-2-7(9)6(8)4-10-3-5;1-7-5(6)4-2-3-4;2*2-1-3/h6-13,17,22-23H,14-16H2,1-5H3,(H,27,29);2-9,13,18-19H,10-12,22H2,1H3,(H,23,26)(H,24,25);6-7H,3-5H2,1-2H3;6,9H,5H2,1-4H3;5-6H,2-4,8H2,1H3;4H,2-3H2,1H3;;. The van der Waals surface area contributed by atoms with Crippen LogP contribution in [0, 0.1) is 35.5 Å². The lowest BCUT2D eigenvalue weighted by Gasteiger charge is -2.25. The van der Waals surface area contributed by atoms with Gasteiger partial charge in [-0.3, -0.25) is 24.0 Å². The number of fused-ring (bicyclic) bond motifs is 6. The Hall–Kier alpha value is -9.41. The van der Waals surface area contributed by atoms with E-state index in [9.17, 15) is 48.3 Å². The zero-order valence-electron chi connectivity index (χ0n) is 63.7. The average Bonchev–Trinajstić information content (AvgIpc) is 1.63. The quantitative estimate of drug-likeness (QED) is 0.0361. The Labute approximate surface area is 625 Å². The molecule has 107 heavy (non-hydrogen) atoms.